The molecule has 0 N–H and O–H groups in total. The van der Waals surface area contributed by atoms with E-state index in [-0.39, 0.29) is 39.2 Å². The van der Waals surface area contributed by atoms with E-state index < -0.39 is 23.3 Å². The summed E-state index contributed by atoms with van der Waals surface area (Å²) in [6.07, 6.45) is 0. The lowest BCUT2D eigenvalue weighted by molar-refractivity contribution is -0.150. The van der Waals surface area contributed by atoms with Gasteiger partial charge in [0.15, 0.2) is 11.2 Å². The number of hydrogen-bond donors (Lipinski definition) is 0. The average Bonchev–Trinajstić information content (AvgIpc) is 3.08. The van der Waals surface area contributed by atoms with Gasteiger partial charge in [-0.1, -0.05) is 20.8 Å². The fourth-order valence-corrected chi connectivity index (χ4v) is 2.30. The second kappa shape index (κ2) is 4.72. The molecule has 2 aromatic heterocycles. The molecule has 1 aliphatic rings. The van der Waals surface area contributed by atoms with Gasteiger partial charge in [0.05, 0.1) is 12.5 Å². The molecule has 0 saturated heterocycles. The van der Waals surface area contributed by atoms with Crippen molar-refractivity contribution in [2.75, 3.05) is 7.11 Å². The molecular weight excluding hydrogens is 316 g/mol. The molecule has 0 atom stereocenters. The fraction of sp³-hybridized carbons (Fsp3) is 0.471. The highest BCUT2D eigenvalue weighted by Gasteiger charge is 2.47. The Labute approximate surface area is 138 Å². The van der Waals surface area contributed by atoms with Gasteiger partial charge >= 0.3 is 17.9 Å². The van der Waals surface area contributed by atoms with Crippen molar-refractivity contribution in [1.82, 2.24) is 0 Å². The van der Waals surface area contributed by atoms with Crippen molar-refractivity contribution in [2.45, 2.75) is 34.6 Å². The molecule has 1 aliphatic heterocycles. The molecule has 24 heavy (non-hydrogen) atoms. The Morgan fingerprint density at radius 3 is 2.21 bits per heavy atom. The Morgan fingerprint density at radius 1 is 1.04 bits per heavy atom. The second-order valence-corrected chi connectivity index (χ2v) is 7.31. The molecule has 7 nitrogen and oxygen atoms in total. The molecule has 0 saturated carbocycles. The zero-order chi connectivity index (χ0) is 18.0. The van der Waals surface area contributed by atoms with Crippen LogP contribution in [0.4, 0.5) is 0 Å². The van der Waals surface area contributed by atoms with Crippen molar-refractivity contribution >= 4 is 29.1 Å². The highest BCUT2D eigenvalue weighted by molar-refractivity contribution is 6.20. The van der Waals surface area contributed by atoms with Crippen molar-refractivity contribution in [3.63, 3.8) is 0 Å². The lowest BCUT2D eigenvalue weighted by Crippen LogP contribution is -2.40. The van der Waals surface area contributed by atoms with Crippen molar-refractivity contribution in [3.8, 4) is 11.5 Å². The van der Waals surface area contributed by atoms with Gasteiger partial charge in [0, 0.05) is 0 Å². The number of rotatable bonds is 3. The van der Waals surface area contributed by atoms with E-state index in [0.717, 1.165) is 0 Å². The van der Waals surface area contributed by atoms with Crippen LogP contribution in [0.15, 0.2) is 4.42 Å². The van der Waals surface area contributed by atoms with E-state index in [1.807, 2.05) is 20.8 Å². The molecule has 7 heteroatoms. The Morgan fingerprint density at radius 2 is 1.67 bits per heavy atom. The van der Waals surface area contributed by atoms with Crippen LogP contribution in [0.1, 0.15) is 55.3 Å². The Balaban J connectivity index is 2.06. The van der Waals surface area contributed by atoms with Gasteiger partial charge in [-0.05, 0) is 19.3 Å². The van der Waals surface area contributed by atoms with Gasteiger partial charge in [0.1, 0.15) is 11.1 Å². The number of furan rings is 2. The minimum absolute atomic E-state index is 0.00856. The average molecular weight is 334 g/mol. The molecule has 128 valence electrons. The number of ether oxygens (including phenoxy) is 3. The molecule has 2 bridgehead atoms. The number of carbonyl (C=O) groups is 3. The van der Waals surface area contributed by atoms with Gasteiger partial charge in [-0.3, -0.25) is 4.79 Å². The second-order valence-electron chi connectivity index (χ2n) is 7.31. The lowest BCUT2D eigenvalue weighted by Gasteiger charge is -2.35. The van der Waals surface area contributed by atoms with E-state index in [9.17, 15) is 14.4 Å². The summed E-state index contributed by atoms with van der Waals surface area (Å²) in [7, 11) is 1.19. The monoisotopic (exact) mass is 334 g/mol. The largest absolute Gasteiger partial charge is 0.465 e. The molecule has 0 unspecified atom stereocenters. The van der Waals surface area contributed by atoms with Crippen LogP contribution in [0.2, 0.25) is 0 Å². The van der Waals surface area contributed by atoms with Crippen LogP contribution >= 0.6 is 0 Å². The number of carbonyl (C=O) groups excluding carboxylic acids is 3. The van der Waals surface area contributed by atoms with E-state index >= 15 is 0 Å². The van der Waals surface area contributed by atoms with Crippen LogP contribution in [0.25, 0.3) is 11.2 Å². The highest BCUT2D eigenvalue weighted by Crippen LogP contribution is 2.53. The van der Waals surface area contributed by atoms with Crippen LogP contribution in [0.5, 0.6) is 11.5 Å². The highest BCUT2D eigenvalue weighted by atomic mass is 16.6. The molecule has 0 aliphatic carbocycles. The summed E-state index contributed by atoms with van der Waals surface area (Å²) in [5, 5.41) is 0. The molecule has 0 spiro atoms. The number of esters is 3. The summed E-state index contributed by atoms with van der Waals surface area (Å²) in [5.41, 5.74) is -1.16. The maximum atomic E-state index is 12.6. The first-order chi connectivity index (χ1) is 11.0. The van der Waals surface area contributed by atoms with E-state index in [0.29, 0.717) is 0 Å². The normalized spacial score (nSPS) is 14.2. The predicted molar refractivity (Wildman–Crippen MR) is 82.6 cm³/mol. The minimum atomic E-state index is -0.825. The maximum absolute atomic E-state index is 12.6. The first kappa shape index (κ1) is 16.3. The van der Waals surface area contributed by atoms with Gasteiger partial charge in [-0.15, -0.1) is 0 Å². The van der Waals surface area contributed by atoms with Crippen molar-refractivity contribution in [1.29, 1.82) is 0 Å². The molecule has 0 amide bonds. The fourth-order valence-electron chi connectivity index (χ4n) is 2.30. The van der Waals surface area contributed by atoms with Gasteiger partial charge in [0.2, 0.25) is 11.5 Å². The van der Waals surface area contributed by atoms with Crippen LogP contribution in [-0.2, 0) is 9.53 Å². The Kier molecular flexibility index (Phi) is 3.20. The van der Waals surface area contributed by atoms with Gasteiger partial charge in [0.25, 0.3) is 0 Å². The van der Waals surface area contributed by atoms with E-state index in [1.165, 1.54) is 7.11 Å². The number of benzene rings is 1. The van der Waals surface area contributed by atoms with Crippen LogP contribution in [-0.4, -0.2) is 25.0 Å². The quantitative estimate of drug-likeness (QED) is 0.629. The molecular formula is C17H18O7. The van der Waals surface area contributed by atoms with E-state index in [4.69, 9.17) is 13.9 Å². The molecule has 2 aromatic rings. The summed E-state index contributed by atoms with van der Waals surface area (Å²) in [5.74, 6) is -2.01. The van der Waals surface area contributed by atoms with Gasteiger partial charge in [-0.25, -0.2) is 9.59 Å². The Bertz CT molecular complexity index is 864. The van der Waals surface area contributed by atoms with E-state index in [2.05, 4.69) is 4.74 Å². The smallest absolute Gasteiger partial charge is 0.348 e. The molecule has 3 heterocycles. The van der Waals surface area contributed by atoms with Crippen LogP contribution < -0.4 is 9.47 Å². The third-order valence-corrected chi connectivity index (χ3v) is 4.90. The first-order valence-corrected chi connectivity index (χ1v) is 7.45. The first-order valence-electron chi connectivity index (χ1n) is 7.45. The van der Waals surface area contributed by atoms with Gasteiger partial charge < -0.3 is 18.6 Å². The summed E-state index contributed by atoms with van der Waals surface area (Å²) in [6, 6.07) is 0. The number of fused-ring (bicyclic) bond motifs is 1. The lowest BCUT2D eigenvalue weighted by atomic mass is 9.69. The zero-order valence-electron chi connectivity index (χ0n) is 14.4. The maximum Gasteiger partial charge on any atom is 0.348 e. The summed E-state index contributed by atoms with van der Waals surface area (Å²) in [6.45, 7) is 9.27. The molecule has 0 radical (unpaired) electrons. The Hall–Kier alpha value is -2.57. The SMILES string of the molecule is COC(=O)c1c2c3oc1c(OC(=O)C(C)(C)C(C)(C)C)c3OC2=O. The summed E-state index contributed by atoms with van der Waals surface area (Å²) in [4.78, 5) is 36.5. The van der Waals surface area contributed by atoms with Crippen LogP contribution in [0.3, 0.4) is 0 Å². The third kappa shape index (κ3) is 1.93. The summed E-state index contributed by atoms with van der Waals surface area (Å²) < 4.78 is 20.7. The minimum Gasteiger partial charge on any atom is -0.465 e. The van der Waals surface area contributed by atoms with Gasteiger partial charge in [-0.2, -0.15) is 0 Å². The number of hydrogen-bond acceptors (Lipinski definition) is 7. The molecule has 3 rings (SSSR count). The standard InChI is InChI=1S/C17H18O7/c1-16(2,3)17(4,5)15(20)24-12-9-7(13(18)21-6)8-10(22-9)11(12)23-14(8)19/h1-6H3. The van der Waals surface area contributed by atoms with E-state index in [1.54, 1.807) is 13.8 Å². The van der Waals surface area contributed by atoms with Crippen molar-refractivity contribution in [3.05, 3.63) is 11.1 Å². The topological polar surface area (TPSA) is 92.0 Å². The molecule has 0 fully saturated rings. The van der Waals surface area contributed by atoms with Crippen molar-refractivity contribution in [2.24, 2.45) is 10.8 Å². The zero-order valence-corrected chi connectivity index (χ0v) is 14.4. The van der Waals surface area contributed by atoms with Crippen molar-refractivity contribution < 1.29 is 33.0 Å². The van der Waals surface area contributed by atoms with Crippen LogP contribution in [0, 0.1) is 10.8 Å². The molecule has 0 aromatic carbocycles. The summed E-state index contributed by atoms with van der Waals surface area (Å²) >= 11 is 0. The third-order valence-electron chi connectivity index (χ3n) is 4.90. The number of methoxy groups -OCH3 is 1. The predicted octanol–water partition coefficient (Wildman–Crippen LogP) is 3.17.